The number of aromatic nitrogens is 4. The van der Waals surface area contributed by atoms with E-state index >= 15 is 8.78 Å². The zero-order chi connectivity index (χ0) is 99.5. The second-order valence-corrected chi connectivity index (χ2v) is 47.7. The molecule has 0 N–H and O–H groups in total. The number of rotatable bonds is 59. The molecular formula is C122H144F2N8O3S7. The summed E-state index contributed by atoms with van der Waals surface area (Å²) in [6.45, 7) is 22.6. The first-order chi connectivity index (χ1) is 69.5. The number of nitrogens with zero attached hydrogens (tertiary/aromatic N) is 8. The highest BCUT2D eigenvalue weighted by atomic mass is 32.1. The lowest BCUT2D eigenvalue weighted by atomic mass is 9.91. The van der Waals surface area contributed by atoms with Gasteiger partial charge in [0.25, 0.3) is 0 Å². The molecule has 4 atom stereocenters. The third-order valence-corrected chi connectivity index (χ3v) is 37.6. The molecule has 0 aliphatic heterocycles. The molecule has 13 aromatic rings. The number of carbonyl (C=O) groups is 2. The summed E-state index contributed by atoms with van der Waals surface area (Å²) in [6, 6.07) is 35.3. The molecule has 0 amide bonds. The summed E-state index contributed by atoms with van der Waals surface area (Å²) in [5, 5.41) is 44.1. The number of hydrogen-bond acceptors (Lipinski definition) is 16. The van der Waals surface area contributed by atoms with E-state index in [0.29, 0.717) is 102 Å². The molecule has 9 aromatic heterocycles. The second-order valence-electron chi connectivity index (χ2n) is 40.8. The van der Waals surface area contributed by atoms with Crippen LogP contribution in [0.1, 0.15) is 376 Å². The average Bonchev–Trinajstić information content (AvgIpc) is 1.50. The summed E-state index contributed by atoms with van der Waals surface area (Å²) >= 11 is 11.3. The van der Waals surface area contributed by atoms with Gasteiger partial charge in [-0.25, -0.2) is 8.78 Å². The number of unbranched alkanes of at least 4 members (excludes halogenated alkanes) is 24. The molecule has 2 aliphatic carbocycles. The lowest BCUT2D eigenvalue weighted by Gasteiger charge is -2.18. The van der Waals surface area contributed by atoms with Crippen molar-refractivity contribution in [3.63, 3.8) is 0 Å². The van der Waals surface area contributed by atoms with Crippen molar-refractivity contribution in [2.24, 2.45) is 29.6 Å². The van der Waals surface area contributed by atoms with Crippen molar-refractivity contribution in [1.29, 1.82) is 21.0 Å². The van der Waals surface area contributed by atoms with Crippen LogP contribution in [0.4, 0.5) is 8.78 Å². The molecule has 0 saturated carbocycles. The number of nitriles is 4. The fraction of sp³-hybridized carbons (Fsp3) is 0.492. The van der Waals surface area contributed by atoms with Crippen LogP contribution in [0.15, 0.2) is 132 Å². The molecule has 4 unspecified atom stereocenters. The van der Waals surface area contributed by atoms with E-state index in [1.165, 1.54) is 179 Å². The number of thiophene rings is 6. The number of allylic oxidation sites excluding steroid dienone is 10. The summed E-state index contributed by atoms with van der Waals surface area (Å²) < 4.78 is 65.1. The Bertz CT molecular complexity index is 6890. The third kappa shape index (κ3) is 25.0. The fourth-order valence-electron chi connectivity index (χ4n) is 21.9. The minimum atomic E-state index is -0.260. The quantitative estimate of drug-likeness (QED) is 0.0204. The summed E-state index contributed by atoms with van der Waals surface area (Å²) in [6.07, 6.45) is 60.6. The first kappa shape index (κ1) is 107. The maximum absolute atomic E-state index is 17.8. The predicted octanol–water partition coefficient (Wildman–Crippen LogP) is 39.0. The molecule has 15 rings (SSSR count). The smallest absolute Gasteiger partial charge is 0.194 e. The van der Waals surface area contributed by atoms with E-state index in [9.17, 15) is 30.6 Å². The van der Waals surface area contributed by atoms with Gasteiger partial charge in [-0.15, -0.1) is 68.0 Å². The van der Waals surface area contributed by atoms with Crippen molar-refractivity contribution >= 4 is 187 Å². The number of benzene rings is 4. The minimum absolute atomic E-state index is 0.130. The molecule has 142 heavy (non-hydrogen) atoms. The van der Waals surface area contributed by atoms with Crippen molar-refractivity contribution in [2.75, 3.05) is 6.61 Å². The summed E-state index contributed by atoms with van der Waals surface area (Å²) in [4.78, 5) is 34.4. The molecule has 2 aliphatic rings. The van der Waals surface area contributed by atoms with Gasteiger partial charge in [0.05, 0.1) is 68.6 Å². The van der Waals surface area contributed by atoms with Crippen LogP contribution in [-0.2, 0) is 32.4 Å². The number of hydrogen-bond donors (Lipinski definition) is 0. The normalized spacial score (nSPS) is 14.4. The summed E-state index contributed by atoms with van der Waals surface area (Å²) in [5.74, 6) is 2.11. The van der Waals surface area contributed by atoms with Gasteiger partial charge in [0, 0.05) is 97.7 Å². The molecule has 9 heterocycles. The molecule has 0 saturated heterocycles. The second kappa shape index (κ2) is 53.0. The van der Waals surface area contributed by atoms with Gasteiger partial charge in [0.1, 0.15) is 63.8 Å². The van der Waals surface area contributed by atoms with Gasteiger partial charge in [-0.05, 0) is 121 Å². The van der Waals surface area contributed by atoms with Crippen LogP contribution in [-0.4, -0.2) is 36.1 Å². The Morgan fingerprint density at radius 1 is 0.408 bits per heavy atom. The molecule has 20 heteroatoms. The van der Waals surface area contributed by atoms with Gasteiger partial charge in [0.15, 0.2) is 11.6 Å². The van der Waals surface area contributed by atoms with Crippen LogP contribution in [0.25, 0.3) is 116 Å². The molecule has 0 fully saturated rings. The third-order valence-electron chi connectivity index (χ3n) is 29.7. The van der Waals surface area contributed by atoms with E-state index in [0.717, 1.165) is 214 Å². The Morgan fingerprint density at radius 2 is 0.789 bits per heavy atom. The van der Waals surface area contributed by atoms with Crippen LogP contribution < -0.4 is 4.74 Å². The van der Waals surface area contributed by atoms with E-state index < -0.39 is 0 Å². The van der Waals surface area contributed by atoms with Crippen molar-refractivity contribution < 1.29 is 23.1 Å². The molecule has 4 aromatic carbocycles. The van der Waals surface area contributed by atoms with Crippen LogP contribution in [0.3, 0.4) is 0 Å². The van der Waals surface area contributed by atoms with Crippen molar-refractivity contribution in [3.8, 4) is 50.9 Å². The first-order valence-electron chi connectivity index (χ1n) is 54.0. The molecular weight excluding hydrogens is 1890 g/mol. The van der Waals surface area contributed by atoms with E-state index in [2.05, 4.69) is 132 Å². The maximum Gasteiger partial charge on any atom is 0.194 e. The Balaban J connectivity index is 0.960. The predicted molar refractivity (Wildman–Crippen MR) is 605 cm³/mol. The van der Waals surface area contributed by atoms with Crippen LogP contribution in [0.5, 0.6) is 5.75 Å². The van der Waals surface area contributed by atoms with E-state index in [1.54, 1.807) is 117 Å². The summed E-state index contributed by atoms with van der Waals surface area (Å²) in [5.41, 5.74) is 11.9. The number of ketones is 2. The lowest BCUT2D eigenvalue weighted by molar-refractivity contribution is 0.103. The molecule has 0 radical (unpaired) electrons. The number of carbonyl (C=O) groups excluding carboxylic acids is 2. The maximum atomic E-state index is 17.8. The number of aryl methyl sites for hydroxylation is 3. The van der Waals surface area contributed by atoms with Gasteiger partial charge in [-0.1, -0.05) is 385 Å². The largest absolute Gasteiger partial charge is 0.493 e. The van der Waals surface area contributed by atoms with Gasteiger partial charge >= 0.3 is 0 Å². The Labute approximate surface area is 870 Å². The van der Waals surface area contributed by atoms with Crippen molar-refractivity contribution in [1.82, 2.24) is 17.9 Å². The highest BCUT2D eigenvalue weighted by molar-refractivity contribution is 7.36. The monoisotopic (exact) mass is 2030 g/mol. The van der Waals surface area contributed by atoms with Crippen LogP contribution in [0.2, 0.25) is 0 Å². The number of fused-ring (bicyclic) bond motifs is 16. The Hall–Kier alpha value is -9.58. The Morgan fingerprint density at radius 3 is 1.19 bits per heavy atom. The molecule has 11 nitrogen and oxygen atoms in total. The molecule has 0 spiro atoms. The zero-order valence-electron chi connectivity index (χ0n) is 85.4. The molecule has 0 bridgehead atoms. The zero-order valence-corrected chi connectivity index (χ0v) is 91.1. The van der Waals surface area contributed by atoms with Crippen molar-refractivity contribution in [3.05, 3.63) is 190 Å². The average molecular weight is 2030 g/mol. The van der Waals surface area contributed by atoms with Gasteiger partial charge < -0.3 is 13.9 Å². The van der Waals surface area contributed by atoms with Crippen molar-refractivity contribution in [2.45, 2.75) is 351 Å². The fourth-order valence-corrected chi connectivity index (χ4v) is 30.9. The van der Waals surface area contributed by atoms with Gasteiger partial charge in [-0.2, -0.15) is 29.8 Å². The lowest BCUT2D eigenvalue weighted by Crippen LogP contribution is -2.12. The standard InChI is InChI=1S/C122H144F2N8O3S7/c1-10-16-22-28-31-37-51-83(49-34-25-19-13-4)71-99-95(123)73-101(136-99)105-97(61-45-59-93-103(86(75-125)76-126)89-55-40-42-57-91(89)115(93)133)138-121-113-117(140-119(105)121)107-109-110(130-142-129-109)108-112(111(107)131(113)69-67-81(9)48-44-47-80(7)8)132(70-68-82-63-65-88(66-64-82)135-79-85(53-36-27-21-15-6)54-39-33-30-24-18-12-3)114-118(108)141-120-106(102-74-96(124)100(137-102)72-84(50-35-26-20-14-5)52-38-32-29-23-17-11-2)98(139-122(114)120)62-46-60-94-104(87(77-127)78-128)90-56-41-43-58-92(90)116(94)134/h40-43,45-46,55-66,73-74,80-81,83-85H,10-39,44,47-54,67-72,79H2,1-9H3/b61-45+,62-46+,93-59-,94-60-. The molecule has 746 valence electrons. The minimum Gasteiger partial charge on any atom is -0.493 e. The van der Waals surface area contributed by atoms with Crippen LogP contribution in [0, 0.1) is 86.5 Å². The number of halogens is 2. The number of ether oxygens (including phenoxy) is 1. The van der Waals surface area contributed by atoms with Crippen LogP contribution >= 0.6 is 79.7 Å². The van der Waals surface area contributed by atoms with Gasteiger partial charge in [0.2, 0.25) is 0 Å². The number of Topliss-reactive ketones (excluding diaryl/α,β-unsaturated/α-hetero) is 2. The van der Waals surface area contributed by atoms with E-state index in [1.807, 2.05) is 36.4 Å². The topological polar surface area (TPSA) is 174 Å². The van der Waals surface area contributed by atoms with Gasteiger partial charge in [-0.3, -0.25) is 9.59 Å². The Kier molecular flexibility index (Phi) is 39.8. The summed E-state index contributed by atoms with van der Waals surface area (Å²) in [7, 11) is 0. The SMILES string of the molecule is CCCCCCCCC(CCCCCC)COc1ccc(CCn2c3c4sc(/C=C/C=C5\C(=O)c6ccccc6C5=C(C#N)C#N)c(-c5cc(F)c(CC(CCCCCC)CCCCCCCC)s5)c4sc3c3c4nsnc4c4c5sc6c(-c7cc(F)c(CC(CCCCCC)CCCCCCCC)s7)c(/C=C/C=C7\C(=O)c8ccccc8C7=C(C#N)C#N)sc6c5n(CCC(C)CCCC(C)C)c4c32)cc1. The van der Waals surface area contributed by atoms with E-state index in [4.69, 9.17) is 13.5 Å². The first-order valence-corrected chi connectivity index (χ1v) is 59.6. The van der Waals surface area contributed by atoms with E-state index in [-0.39, 0.29) is 45.5 Å². The highest BCUT2D eigenvalue weighted by Gasteiger charge is 2.37. The highest BCUT2D eigenvalue weighted by Crippen LogP contribution is 2.59.